The van der Waals surface area contributed by atoms with Crippen molar-refractivity contribution in [3.63, 3.8) is 0 Å². The number of nitrogens with one attached hydrogen (secondary N) is 1. The predicted molar refractivity (Wildman–Crippen MR) is 83.3 cm³/mol. The van der Waals surface area contributed by atoms with Gasteiger partial charge in [-0.05, 0) is 37.5 Å². The van der Waals surface area contributed by atoms with Gasteiger partial charge in [-0.15, -0.1) is 10.2 Å². The summed E-state index contributed by atoms with van der Waals surface area (Å²) in [6.45, 7) is 4.84. The lowest BCUT2D eigenvalue weighted by molar-refractivity contribution is -0.121. The Hall–Kier alpha value is -2.37. The zero-order valence-electron chi connectivity index (χ0n) is 13.0. The van der Waals surface area contributed by atoms with E-state index in [0.29, 0.717) is 12.8 Å². The maximum atomic E-state index is 12.0. The first kappa shape index (κ1) is 16.0. The molecule has 0 aliphatic carbocycles. The molecule has 2 N–H and O–H groups in total. The van der Waals surface area contributed by atoms with Crippen molar-refractivity contribution >= 4 is 5.91 Å². The lowest BCUT2D eigenvalue weighted by Crippen LogP contribution is -2.28. The molecule has 0 spiro atoms. The molecule has 1 aromatic heterocycles. The summed E-state index contributed by atoms with van der Waals surface area (Å²) >= 11 is 0. The van der Waals surface area contributed by atoms with Crippen molar-refractivity contribution in [1.29, 1.82) is 0 Å². The van der Waals surface area contributed by atoms with E-state index in [0.717, 1.165) is 24.4 Å². The molecular weight excluding hydrogens is 280 g/mol. The highest BCUT2D eigenvalue weighted by Gasteiger charge is 2.15. The maximum Gasteiger partial charge on any atom is 0.220 e. The van der Waals surface area contributed by atoms with Crippen molar-refractivity contribution in [2.45, 2.75) is 45.7 Å². The summed E-state index contributed by atoms with van der Waals surface area (Å²) in [4.78, 5) is 12.0. The van der Waals surface area contributed by atoms with Gasteiger partial charge in [0.1, 0.15) is 12.1 Å². The second-order valence-corrected chi connectivity index (χ2v) is 5.34. The molecule has 0 aliphatic heterocycles. The van der Waals surface area contributed by atoms with Gasteiger partial charge in [-0.2, -0.15) is 0 Å². The molecule has 1 heterocycles. The van der Waals surface area contributed by atoms with E-state index >= 15 is 0 Å². The minimum atomic E-state index is -0.165. The largest absolute Gasteiger partial charge is 0.508 e. The van der Waals surface area contributed by atoms with Crippen molar-refractivity contribution in [3.05, 3.63) is 42.0 Å². The van der Waals surface area contributed by atoms with Crippen LogP contribution < -0.4 is 5.32 Å². The molecule has 22 heavy (non-hydrogen) atoms. The number of hydrogen-bond acceptors (Lipinski definition) is 4. The summed E-state index contributed by atoms with van der Waals surface area (Å²) in [5, 5.41) is 20.2. The number of nitrogens with zero attached hydrogens (tertiary/aromatic N) is 3. The average molecular weight is 302 g/mol. The fraction of sp³-hybridized carbons (Fsp3) is 0.438. The van der Waals surface area contributed by atoms with E-state index < -0.39 is 0 Å². The highest BCUT2D eigenvalue weighted by molar-refractivity contribution is 5.76. The van der Waals surface area contributed by atoms with Gasteiger partial charge in [0.25, 0.3) is 0 Å². The number of aromatic nitrogens is 3. The third kappa shape index (κ3) is 4.31. The fourth-order valence-electron chi connectivity index (χ4n) is 2.31. The van der Waals surface area contributed by atoms with Crippen molar-refractivity contribution < 1.29 is 9.90 Å². The first-order chi connectivity index (χ1) is 10.6. The van der Waals surface area contributed by atoms with E-state index in [1.807, 2.05) is 23.6 Å². The zero-order valence-corrected chi connectivity index (χ0v) is 13.0. The highest BCUT2D eigenvalue weighted by atomic mass is 16.3. The van der Waals surface area contributed by atoms with Crippen LogP contribution in [0.4, 0.5) is 0 Å². The maximum absolute atomic E-state index is 12.0. The van der Waals surface area contributed by atoms with Gasteiger partial charge in [0, 0.05) is 13.0 Å². The SMILES string of the molecule is CCCn1cnnc1C(C)NC(=O)CCc1ccc(O)cc1. The first-order valence-corrected chi connectivity index (χ1v) is 7.55. The summed E-state index contributed by atoms with van der Waals surface area (Å²) in [5.41, 5.74) is 1.02. The minimum Gasteiger partial charge on any atom is -0.508 e. The average Bonchev–Trinajstić information content (AvgIpc) is 2.95. The van der Waals surface area contributed by atoms with Gasteiger partial charge in [0.2, 0.25) is 5.91 Å². The van der Waals surface area contributed by atoms with E-state index in [2.05, 4.69) is 22.4 Å². The Bertz CT molecular complexity index is 607. The number of rotatable bonds is 7. The molecule has 1 amide bonds. The third-order valence-electron chi connectivity index (χ3n) is 3.45. The molecule has 1 unspecified atom stereocenters. The molecule has 6 heteroatoms. The van der Waals surface area contributed by atoms with Crippen LogP contribution in [-0.4, -0.2) is 25.8 Å². The number of amides is 1. The predicted octanol–water partition coefficient (Wildman–Crippen LogP) is 2.20. The van der Waals surface area contributed by atoms with Crippen LogP contribution in [0.1, 0.15) is 44.1 Å². The Morgan fingerprint density at radius 1 is 1.36 bits per heavy atom. The Balaban J connectivity index is 1.85. The van der Waals surface area contributed by atoms with Crippen LogP contribution in [0, 0.1) is 0 Å². The number of phenols is 1. The fourth-order valence-corrected chi connectivity index (χ4v) is 2.31. The molecule has 0 radical (unpaired) electrons. The smallest absolute Gasteiger partial charge is 0.220 e. The molecule has 0 saturated carbocycles. The van der Waals surface area contributed by atoms with Gasteiger partial charge >= 0.3 is 0 Å². The van der Waals surface area contributed by atoms with Gasteiger partial charge in [-0.25, -0.2) is 0 Å². The summed E-state index contributed by atoms with van der Waals surface area (Å²) in [5.74, 6) is 0.989. The zero-order chi connectivity index (χ0) is 15.9. The summed E-state index contributed by atoms with van der Waals surface area (Å²) in [6, 6.07) is 6.74. The molecule has 2 rings (SSSR count). The monoisotopic (exact) mass is 302 g/mol. The molecule has 0 saturated heterocycles. The topological polar surface area (TPSA) is 80.0 Å². The molecule has 0 fully saturated rings. The second kappa shape index (κ2) is 7.59. The molecule has 1 atom stereocenters. The van der Waals surface area contributed by atoms with Crippen molar-refractivity contribution in [2.75, 3.05) is 0 Å². The lowest BCUT2D eigenvalue weighted by Gasteiger charge is -2.14. The number of carbonyl (C=O) groups excluding carboxylic acids is 1. The Morgan fingerprint density at radius 2 is 2.09 bits per heavy atom. The van der Waals surface area contributed by atoms with Crippen LogP contribution in [0.2, 0.25) is 0 Å². The molecule has 0 bridgehead atoms. The van der Waals surface area contributed by atoms with Gasteiger partial charge < -0.3 is 15.0 Å². The summed E-state index contributed by atoms with van der Waals surface area (Å²) in [6.07, 6.45) is 3.72. The van der Waals surface area contributed by atoms with E-state index in [4.69, 9.17) is 0 Å². The Labute approximate surface area is 130 Å². The molecule has 2 aromatic rings. The van der Waals surface area contributed by atoms with Crippen LogP contribution in [0.5, 0.6) is 5.75 Å². The first-order valence-electron chi connectivity index (χ1n) is 7.55. The van der Waals surface area contributed by atoms with Gasteiger partial charge in [0.15, 0.2) is 5.82 Å². The van der Waals surface area contributed by atoms with E-state index in [1.165, 1.54) is 0 Å². The molecule has 0 aliphatic rings. The van der Waals surface area contributed by atoms with Gasteiger partial charge in [0.05, 0.1) is 6.04 Å². The Morgan fingerprint density at radius 3 is 2.77 bits per heavy atom. The van der Waals surface area contributed by atoms with Crippen LogP contribution >= 0.6 is 0 Å². The lowest BCUT2D eigenvalue weighted by atomic mass is 10.1. The summed E-state index contributed by atoms with van der Waals surface area (Å²) < 4.78 is 1.96. The van der Waals surface area contributed by atoms with E-state index in [-0.39, 0.29) is 17.7 Å². The van der Waals surface area contributed by atoms with Gasteiger partial charge in [-0.1, -0.05) is 19.1 Å². The number of carbonyl (C=O) groups is 1. The second-order valence-electron chi connectivity index (χ2n) is 5.34. The van der Waals surface area contributed by atoms with Crippen LogP contribution in [-0.2, 0) is 17.8 Å². The summed E-state index contributed by atoms with van der Waals surface area (Å²) in [7, 11) is 0. The normalized spacial score (nSPS) is 12.1. The van der Waals surface area contributed by atoms with Crippen LogP contribution in [0.25, 0.3) is 0 Å². The number of aromatic hydroxyl groups is 1. The van der Waals surface area contributed by atoms with Gasteiger partial charge in [-0.3, -0.25) is 4.79 Å². The number of hydrogen-bond donors (Lipinski definition) is 2. The van der Waals surface area contributed by atoms with E-state index in [1.54, 1.807) is 18.5 Å². The number of phenolic OH excluding ortho intramolecular Hbond substituents is 1. The molecule has 118 valence electrons. The van der Waals surface area contributed by atoms with E-state index in [9.17, 15) is 9.90 Å². The minimum absolute atomic E-state index is 0.0216. The van der Waals surface area contributed by atoms with Crippen LogP contribution in [0.15, 0.2) is 30.6 Å². The molecule has 1 aromatic carbocycles. The molecule has 6 nitrogen and oxygen atoms in total. The highest BCUT2D eigenvalue weighted by Crippen LogP contribution is 2.12. The molecular formula is C16H22N4O2. The van der Waals surface area contributed by atoms with Crippen molar-refractivity contribution in [1.82, 2.24) is 20.1 Å². The van der Waals surface area contributed by atoms with Crippen molar-refractivity contribution in [2.24, 2.45) is 0 Å². The number of benzene rings is 1. The quantitative estimate of drug-likeness (QED) is 0.821. The van der Waals surface area contributed by atoms with Crippen LogP contribution in [0.3, 0.4) is 0 Å². The van der Waals surface area contributed by atoms with Crippen molar-refractivity contribution in [3.8, 4) is 5.75 Å². The standard InChI is InChI=1S/C16H22N4O2/c1-3-10-20-11-17-19-16(20)12(2)18-15(22)9-6-13-4-7-14(21)8-5-13/h4-5,7-8,11-12,21H,3,6,9-10H2,1-2H3,(H,18,22). The third-order valence-corrected chi connectivity index (χ3v) is 3.45. The Kier molecular flexibility index (Phi) is 5.52. The number of aryl methyl sites for hydroxylation is 2.